The zero-order valence-corrected chi connectivity index (χ0v) is 15.8. The number of hydrogen-bond donors (Lipinski definition) is 1. The molecule has 3 nitrogen and oxygen atoms in total. The highest BCUT2D eigenvalue weighted by Gasteiger charge is 2.40. The van der Waals surface area contributed by atoms with E-state index >= 15 is 0 Å². The van der Waals surface area contributed by atoms with Crippen LogP contribution in [0.4, 0.5) is 5.69 Å². The molecule has 0 aromatic heterocycles. The van der Waals surface area contributed by atoms with Crippen molar-refractivity contribution in [2.24, 2.45) is 5.92 Å². The number of methoxy groups -OCH3 is 1. The maximum atomic E-state index is 12.3. The zero-order chi connectivity index (χ0) is 17.6. The number of fused-ring (bicyclic) bond motifs is 3. The highest BCUT2D eigenvalue weighted by molar-refractivity contribution is 9.10. The summed E-state index contributed by atoms with van der Waals surface area (Å²) < 4.78 is 6.10. The monoisotopic (exact) mass is 397 g/mol. The molecule has 0 spiro atoms. The van der Waals surface area contributed by atoms with Gasteiger partial charge in [0.15, 0.2) is 0 Å². The van der Waals surface area contributed by atoms with E-state index in [-0.39, 0.29) is 17.9 Å². The van der Waals surface area contributed by atoms with E-state index < -0.39 is 0 Å². The molecule has 0 fully saturated rings. The number of anilines is 1. The van der Waals surface area contributed by atoms with Crippen molar-refractivity contribution in [1.82, 2.24) is 0 Å². The molecular weight excluding hydrogens is 378 g/mol. The lowest BCUT2D eigenvalue weighted by Gasteiger charge is -2.39. The Labute approximate surface area is 156 Å². The Kier molecular flexibility index (Phi) is 4.16. The second-order valence-electron chi connectivity index (χ2n) is 6.74. The quantitative estimate of drug-likeness (QED) is 0.546. The first-order valence-corrected chi connectivity index (χ1v) is 9.30. The van der Waals surface area contributed by atoms with Gasteiger partial charge in [-0.3, -0.25) is 0 Å². The Bertz CT molecular complexity index is 874. The van der Waals surface area contributed by atoms with Crippen molar-refractivity contribution >= 4 is 27.6 Å². The van der Waals surface area contributed by atoms with Crippen LogP contribution < -0.4 is 5.32 Å². The number of esters is 1. The van der Waals surface area contributed by atoms with Gasteiger partial charge in [0.05, 0.1) is 18.7 Å². The van der Waals surface area contributed by atoms with E-state index in [1.807, 2.05) is 18.2 Å². The molecule has 2 aromatic carbocycles. The molecular formula is C21H20BrNO2. The lowest BCUT2D eigenvalue weighted by molar-refractivity contribution is 0.0598. The Morgan fingerprint density at radius 2 is 2.12 bits per heavy atom. The Hall–Kier alpha value is -2.07. The number of benzene rings is 2. The largest absolute Gasteiger partial charge is 0.465 e. The van der Waals surface area contributed by atoms with Gasteiger partial charge in [0.1, 0.15) is 0 Å². The first-order chi connectivity index (χ1) is 12.1. The number of rotatable bonds is 2. The number of hydrogen-bond acceptors (Lipinski definition) is 3. The van der Waals surface area contributed by atoms with Crippen LogP contribution in [0.15, 0.2) is 53.0 Å². The maximum Gasteiger partial charge on any atom is 0.338 e. The fourth-order valence-corrected chi connectivity index (χ4v) is 4.59. The van der Waals surface area contributed by atoms with E-state index in [0.717, 1.165) is 27.7 Å². The fraction of sp³-hybridized carbons (Fsp3) is 0.286. The van der Waals surface area contributed by atoms with Gasteiger partial charge < -0.3 is 10.1 Å². The molecule has 1 heterocycles. The molecule has 0 bridgehead atoms. The summed E-state index contributed by atoms with van der Waals surface area (Å²) in [5.41, 5.74) is 5.24. The number of nitrogens with one attached hydrogen (secondary N) is 1. The smallest absolute Gasteiger partial charge is 0.338 e. The van der Waals surface area contributed by atoms with Gasteiger partial charge >= 0.3 is 5.97 Å². The minimum atomic E-state index is -0.266. The standard InChI is InChI=1S/C21H20BrNO2/c1-12-9-10-17(21(24)25-2)18-15-7-4-8-16(15)20(23-19(12)18)13-5-3-6-14(22)11-13/h3-7,9-11,15-16,20,23H,8H2,1-2H3/t15-,16-,20-/m1/s1. The summed E-state index contributed by atoms with van der Waals surface area (Å²) in [6.45, 7) is 2.09. The van der Waals surface area contributed by atoms with Crippen LogP contribution >= 0.6 is 15.9 Å². The second-order valence-corrected chi connectivity index (χ2v) is 7.66. The minimum Gasteiger partial charge on any atom is -0.465 e. The SMILES string of the molecule is COC(=O)c1ccc(C)c2c1[C@@H]1C=CC[C@H]1[C@@H](c1cccc(Br)c1)N2. The van der Waals surface area contributed by atoms with Gasteiger partial charge in [-0.25, -0.2) is 4.79 Å². The molecule has 128 valence electrons. The number of halogens is 1. The van der Waals surface area contributed by atoms with Crippen LogP contribution in [-0.4, -0.2) is 13.1 Å². The summed E-state index contributed by atoms with van der Waals surface area (Å²) in [4.78, 5) is 12.3. The van der Waals surface area contributed by atoms with Crippen molar-refractivity contribution < 1.29 is 9.53 Å². The molecule has 0 amide bonds. The number of allylic oxidation sites excluding steroid dienone is 2. The predicted molar refractivity (Wildman–Crippen MR) is 103 cm³/mol. The van der Waals surface area contributed by atoms with Crippen LogP contribution in [0.2, 0.25) is 0 Å². The third-order valence-electron chi connectivity index (χ3n) is 5.34. The van der Waals surface area contributed by atoms with E-state index in [1.165, 1.54) is 12.7 Å². The summed E-state index contributed by atoms with van der Waals surface area (Å²) >= 11 is 3.58. The third kappa shape index (κ3) is 2.69. The molecule has 2 aromatic rings. The van der Waals surface area contributed by atoms with Crippen LogP contribution in [0.5, 0.6) is 0 Å². The van der Waals surface area contributed by atoms with Gasteiger partial charge in [-0.1, -0.05) is 46.3 Å². The average molecular weight is 398 g/mol. The molecule has 1 aliphatic heterocycles. The van der Waals surface area contributed by atoms with Gasteiger partial charge in [0.25, 0.3) is 0 Å². The Balaban J connectivity index is 1.87. The summed E-state index contributed by atoms with van der Waals surface area (Å²) in [6, 6.07) is 12.6. The van der Waals surface area contributed by atoms with Crippen molar-refractivity contribution in [2.75, 3.05) is 12.4 Å². The van der Waals surface area contributed by atoms with Crippen molar-refractivity contribution in [3.05, 3.63) is 75.3 Å². The molecule has 0 saturated carbocycles. The summed E-state index contributed by atoms with van der Waals surface area (Å²) in [5.74, 6) is 0.360. The second kappa shape index (κ2) is 6.34. The first kappa shape index (κ1) is 16.4. The first-order valence-electron chi connectivity index (χ1n) is 8.50. The van der Waals surface area contributed by atoms with E-state index in [0.29, 0.717) is 11.5 Å². The fourth-order valence-electron chi connectivity index (χ4n) is 4.17. The van der Waals surface area contributed by atoms with Gasteiger partial charge in [-0.2, -0.15) is 0 Å². The Morgan fingerprint density at radius 3 is 2.88 bits per heavy atom. The lowest BCUT2D eigenvalue weighted by Crippen LogP contribution is -2.31. The van der Waals surface area contributed by atoms with Crippen molar-refractivity contribution in [1.29, 1.82) is 0 Å². The van der Waals surface area contributed by atoms with E-state index in [4.69, 9.17) is 4.74 Å². The summed E-state index contributed by atoms with van der Waals surface area (Å²) in [5, 5.41) is 3.73. The summed E-state index contributed by atoms with van der Waals surface area (Å²) in [7, 11) is 1.44. The maximum absolute atomic E-state index is 12.3. The predicted octanol–water partition coefficient (Wildman–Crippen LogP) is 5.37. The third-order valence-corrected chi connectivity index (χ3v) is 5.83. The average Bonchev–Trinajstić information content (AvgIpc) is 3.10. The summed E-state index contributed by atoms with van der Waals surface area (Å²) in [6.07, 6.45) is 5.49. The van der Waals surface area contributed by atoms with Crippen LogP contribution in [0, 0.1) is 12.8 Å². The van der Waals surface area contributed by atoms with Crippen LogP contribution in [-0.2, 0) is 4.74 Å². The molecule has 0 saturated heterocycles. The van der Waals surface area contributed by atoms with Crippen molar-refractivity contribution in [3.8, 4) is 0 Å². The minimum absolute atomic E-state index is 0.219. The van der Waals surface area contributed by atoms with Crippen LogP contribution in [0.3, 0.4) is 0 Å². The van der Waals surface area contributed by atoms with E-state index in [2.05, 4.69) is 58.5 Å². The number of ether oxygens (including phenoxy) is 1. The molecule has 1 aliphatic carbocycles. The molecule has 4 rings (SSSR count). The number of aryl methyl sites for hydroxylation is 1. The topological polar surface area (TPSA) is 38.3 Å². The van der Waals surface area contributed by atoms with Gasteiger partial charge in [-0.15, -0.1) is 0 Å². The molecule has 0 radical (unpaired) electrons. The van der Waals surface area contributed by atoms with Crippen LogP contribution in [0.1, 0.15) is 45.4 Å². The van der Waals surface area contributed by atoms with Crippen molar-refractivity contribution in [2.45, 2.75) is 25.3 Å². The lowest BCUT2D eigenvalue weighted by atomic mass is 9.75. The molecule has 4 heteroatoms. The normalized spacial score (nSPS) is 23.6. The van der Waals surface area contributed by atoms with Gasteiger partial charge in [0, 0.05) is 16.1 Å². The highest BCUT2D eigenvalue weighted by atomic mass is 79.9. The molecule has 0 unspecified atom stereocenters. The molecule has 25 heavy (non-hydrogen) atoms. The molecule has 3 atom stereocenters. The van der Waals surface area contributed by atoms with Crippen molar-refractivity contribution in [3.63, 3.8) is 0 Å². The van der Waals surface area contributed by atoms with E-state index in [9.17, 15) is 4.79 Å². The highest BCUT2D eigenvalue weighted by Crippen LogP contribution is 2.51. The zero-order valence-electron chi connectivity index (χ0n) is 14.3. The van der Waals surface area contributed by atoms with Gasteiger partial charge in [-0.05, 0) is 54.2 Å². The number of carbonyl (C=O) groups excluding carboxylic acids is 1. The molecule has 2 aliphatic rings. The van der Waals surface area contributed by atoms with Crippen LogP contribution in [0.25, 0.3) is 0 Å². The Morgan fingerprint density at radius 1 is 1.28 bits per heavy atom. The number of carbonyl (C=O) groups is 1. The van der Waals surface area contributed by atoms with Gasteiger partial charge in [0.2, 0.25) is 0 Å². The van der Waals surface area contributed by atoms with E-state index in [1.54, 1.807) is 0 Å². The molecule has 1 N–H and O–H groups in total.